The molecular formula is C8H4B6. The lowest BCUT2D eigenvalue weighted by Gasteiger charge is -2.21. The van der Waals surface area contributed by atoms with Gasteiger partial charge in [0.2, 0.25) is 0 Å². The fourth-order valence-corrected chi connectivity index (χ4v) is 1.41. The summed E-state index contributed by atoms with van der Waals surface area (Å²) in [5.41, 5.74) is 2.66. The van der Waals surface area contributed by atoms with Gasteiger partial charge in [-0.2, -0.15) is 0 Å². The monoisotopic (exact) mass is 166 g/mol. The van der Waals surface area contributed by atoms with Crippen LogP contribution in [0.2, 0.25) is 0 Å². The molecule has 14 heavy (non-hydrogen) atoms. The molecule has 0 N–H and O–H groups in total. The Morgan fingerprint density at radius 3 is 1.07 bits per heavy atom. The lowest BCUT2D eigenvalue weighted by atomic mass is 9.61. The van der Waals surface area contributed by atoms with Crippen LogP contribution in [-0.4, -0.2) is 47.1 Å². The number of hydrogen-bond acceptors (Lipinski definition) is 0. The van der Waals surface area contributed by atoms with Crippen LogP contribution >= 0.6 is 0 Å². The van der Waals surface area contributed by atoms with E-state index in [1.165, 1.54) is 0 Å². The van der Waals surface area contributed by atoms with Crippen molar-refractivity contribution in [3.8, 4) is 0 Å². The summed E-state index contributed by atoms with van der Waals surface area (Å²) in [4.78, 5) is 0. The predicted octanol–water partition coefficient (Wildman–Crippen LogP) is -3.80. The van der Waals surface area contributed by atoms with E-state index in [-0.39, 0.29) is 23.6 Å². The van der Waals surface area contributed by atoms with Crippen molar-refractivity contribution in [3.63, 3.8) is 0 Å². The lowest BCUT2D eigenvalue weighted by molar-refractivity contribution is 1.32. The molecule has 6 heteroatoms. The van der Waals surface area contributed by atoms with Crippen LogP contribution in [0.15, 0.2) is 0 Å². The van der Waals surface area contributed by atoms with Crippen molar-refractivity contribution in [2.24, 2.45) is 0 Å². The van der Waals surface area contributed by atoms with Crippen molar-refractivity contribution >= 4 is 68.9 Å². The molecule has 1 aromatic rings. The van der Waals surface area contributed by atoms with Gasteiger partial charge in [0.15, 0.2) is 0 Å². The summed E-state index contributed by atoms with van der Waals surface area (Å²) in [5, 5.41) is 0. The fourth-order valence-electron chi connectivity index (χ4n) is 1.41. The highest BCUT2D eigenvalue weighted by atomic mass is 14.1. The van der Waals surface area contributed by atoms with E-state index >= 15 is 0 Å². The Morgan fingerprint density at radius 1 is 0.571 bits per heavy atom. The van der Waals surface area contributed by atoms with Gasteiger partial charge in [0.25, 0.3) is 0 Å². The molecule has 0 aliphatic rings. The van der Waals surface area contributed by atoms with E-state index in [1.807, 2.05) is 0 Å². The molecule has 0 aromatic heterocycles. The average Bonchev–Trinajstić information content (AvgIpc) is 2.20. The first-order chi connectivity index (χ1) is 6.54. The molecule has 12 radical (unpaired) electrons. The Labute approximate surface area is 93.1 Å². The lowest BCUT2D eigenvalue weighted by Crippen LogP contribution is -2.51. The summed E-state index contributed by atoms with van der Waals surface area (Å²) in [6, 6.07) is 0. The average molecular weight is 165 g/mol. The molecule has 0 aliphatic heterocycles. The molecular weight excluding hydrogens is 161 g/mol. The van der Waals surface area contributed by atoms with Gasteiger partial charge in [-0.25, -0.2) is 0 Å². The molecule has 0 saturated heterocycles. The SMILES string of the molecule is [B]Cc1c([B])c([B])c([B])c([B])c1C[B]. The second-order valence-electron chi connectivity index (χ2n) is 3.02. The Balaban J connectivity index is 3.57. The highest BCUT2D eigenvalue weighted by Gasteiger charge is 2.09. The van der Waals surface area contributed by atoms with Crippen molar-refractivity contribution in [3.05, 3.63) is 11.1 Å². The summed E-state index contributed by atoms with van der Waals surface area (Å²) >= 11 is 0. The van der Waals surface area contributed by atoms with Crippen molar-refractivity contribution in [1.82, 2.24) is 0 Å². The Bertz CT molecular complexity index is 325. The first-order valence-corrected chi connectivity index (χ1v) is 4.18. The molecule has 0 heterocycles. The molecule has 0 saturated carbocycles. The van der Waals surface area contributed by atoms with Gasteiger partial charge in [-0.1, -0.05) is 23.8 Å². The second-order valence-corrected chi connectivity index (χ2v) is 3.02. The zero-order valence-corrected chi connectivity index (χ0v) is 7.88. The summed E-state index contributed by atoms with van der Waals surface area (Å²) in [5.74, 6) is 0. The van der Waals surface area contributed by atoms with E-state index in [2.05, 4.69) is 0 Å². The van der Waals surface area contributed by atoms with Crippen molar-refractivity contribution in [2.45, 2.75) is 12.6 Å². The van der Waals surface area contributed by atoms with Gasteiger partial charge in [0.1, 0.15) is 31.4 Å². The molecule has 0 nitrogen and oxygen atoms in total. The third-order valence-corrected chi connectivity index (χ3v) is 2.29. The number of rotatable bonds is 2. The van der Waals surface area contributed by atoms with E-state index in [4.69, 9.17) is 47.1 Å². The largest absolute Gasteiger partial charge is 0.113 e. The van der Waals surface area contributed by atoms with Gasteiger partial charge in [0, 0.05) is 0 Å². The van der Waals surface area contributed by atoms with Crippen molar-refractivity contribution < 1.29 is 0 Å². The van der Waals surface area contributed by atoms with Gasteiger partial charge in [-0.15, -0.1) is 21.9 Å². The summed E-state index contributed by atoms with van der Waals surface area (Å²) in [7, 11) is 33.9. The Hall–Kier alpha value is -0.390. The number of benzene rings is 1. The first kappa shape index (κ1) is 11.7. The maximum absolute atomic E-state index is 5.74. The smallest absolute Gasteiger partial charge is 0.111 e. The molecule has 1 rings (SSSR count). The topological polar surface area (TPSA) is 0 Å². The van der Waals surface area contributed by atoms with Gasteiger partial charge < -0.3 is 0 Å². The molecule has 54 valence electrons. The minimum absolute atomic E-state index is 0.243. The van der Waals surface area contributed by atoms with Crippen molar-refractivity contribution in [1.29, 1.82) is 0 Å². The zero-order chi connectivity index (χ0) is 10.9. The van der Waals surface area contributed by atoms with Gasteiger partial charge in [-0.05, 0) is 0 Å². The first-order valence-electron chi connectivity index (χ1n) is 4.18. The van der Waals surface area contributed by atoms with Crippen LogP contribution in [0.5, 0.6) is 0 Å². The third kappa shape index (κ3) is 1.71. The molecule has 1 aromatic carbocycles. The van der Waals surface area contributed by atoms with Crippen LogP contribution < -0.4 is 21.9 Å². The van der Waals surface area contributed by atoms with Crippen LogP contribution in [0.3, 0.4) is 0 Å². The normalized spacial score (nSPS) is 10.3. The third-order valence-electron chi connectivity index (χ3n) is 2.29. The van der Waals surface area contributed by atoms with E-state index < -0.39 is 0 Å². The molecule has 0 unspecified atom stereocenters. The summed E-state index contributed by atoms with van der Waals surface area (Å²) < 4.78 is 0. The van der Waals surface area contributed by atoms with Crippen molar-refractivity contribution in [2.75, 3.05) is 0 Å². The Kier molecular flexibility index (Phi) is 3.69. The van der Waals surface area contributed by atoms with E-state index in [0.717, 1.165) is 0 Å². The fraction of sp³-hybridized carbons (Fsp3) is 0.250. The molecule has 0 aliphatic carbocycles. The van der Waals surface area contributed by atoms with Gasteiger partial charge in [-0.3, -0.25) is 0 Å². The van der Waals surface area contributed by atoms with Crippen LogP contribution in [0.25, 0.3) is 0 Å². The van der Waals surface area contributed by atoms with Crippen LogP contribution in [0, 0.1) is 0 Å². The molecule has 0 bridgehead atoms. The van der Waals surface area contributed by atoms with Crippen LogP contribution in [0.4, 0.5) is 0 Å². The van der Waals surface area contributed by atoms with Crippen LogP contribution in [-0.2, 0) is 12.6 Å². The molecule has 0 spiro atoms. The highest BCUT2D eigenvalue weighted by Crippen LogP contribution is 2.00. The minimum atomic E-state index is 0.243. The molecule has 0 atom stereocenters. The molecule has 0 fully saturated rings. The second kappa shape index (κ2) is 4.42. The van der Waals surface area contributed by atoms with Crippen LogP contribution in [0.1, 0.15) is 11.1 Å². The summed E-state index contributed by atoms with van der Waals surface area (Å²) in [6.45, 7) is 0. The van der Waals surface area contributed by atoms with Gasteiger partial charge >= 0.3 is 0 Å². The maximum Gasteiger partial charge on any atom is 0.113 e. The highest BCUT2D eigenvalue weighted by molar-refractivity contribution is 6.63. The van der Waals surface area contributed by atoms with E-state index in [1.54, 1.807) is 0 Å². The zero-order valence-electron chi connectivity index (χ0n) is 7.88. The standard InChI is InChI=1S/C8H4B6/c9-1-3-4(2-10)6(12)8(14)7(13)5(3)11/h1-2H2. The van der Waals surface area contributed by atoms with Gasteiger partial charge in [0.05, 0.1) is 15.7 Å². The summed E-state index contributed by atoms with van der Waals surface area (Å²) in [6.07, 6.45) is 0.486. The van der Waals surface area contributed by atoms with E-state index in [9.17, 15) is 0 Å². The number of hydrogen-bond donors (Lipinski definition) is 0. The quantitative estimate of drug-likeness (QED) is 0.394. The van der Waals surface area contributed by atoms with E-state index in [0.29, 0.717) is 22.1 Å². The minimum Gasteiger partial charge on any atom is -0.111 e. The predicted molar refractivity (Wildman–Crippen MR) is 66.9 cm³/mol. The Morgan fingerprint density at radius 2 is 0.857 bits per heavy atom. The maximum atomic E-state index is 5.74. The molecule has 0 amide bonds.